The fraction of sp³-hybridized carbons (Fsp3) is 0.400. The summed E-state index contributed by atoms with van der Waals surface area (Å²) in [6.07, 6.45) is 0. The Labute approximate surface area is 118 Å². The third kappa shape index (κ3) is 4.51. The van der Waals surface area contributed by atoms with Gasteiger partial charge < -0.3 is 4.55 Å². The van der Waals surface area contributed by atoms with E-state index in [9.17, 15) is 4.21 Å². The molecule has 1 radical (unpaired) electrons. The van der Waals surface area contributed by atoms with Crippen LogP contribution in [0.25, 0.3) is 0 Å². The van der Waals surface area contributed by atoms with Crippen LogP contribution < -0.4 is 0 Å². The maximum atomic E-state index is 11.1. The zero-order valence-electron chi connectivity index (χ0n) is 9.48. The summed E-state index contributed by atoms with van der Waals surface area (Å²) in [6.45, 7) is 6.27. The summed E-state index contributed by atoms with van der Waals surface area (Å²) in [4.78, 5) is 0.306. The number of rotatable bonds is 1. The van der Waals surface area contributed by atoms with Crippen LogP contribution in [0, 0.1) is 0 Å². The molecule has 1 unspecified atom stereocenters. The van der Waals surface area contributed by atoms with Crippen molar-refractivity contribution < 1.29 is 8.76 Å². The second kappa shape index (κ2) is 5.25. The summed E-state index contributed by atoms with van der Waals surface area (Å²) in [7, 11) is -3.23. The van der Waals surface area contributed by atoms with E-state index in [0.29, 0.717) is 4.90 Å². The SMILES string of the molecule is CC(C)(C)c1ccc(S(=O)(O)=S)cc1.[Na]. The van der Waals surface area contributed by atoms with Gasteiger partial charge in [0.15, 0.2) is 8.77 Å². The van der Waals surface area contributed by atoms with Crippen molar-refractivity contribution in [1.29, 1.82) is 0 Å². The molecule has 0 spiro atoms. The van der Waals surface area contributed by atoms with Crippen LogP contribution in [0.4, 0.5) is 0 Å². The van der Waals surface area contributed by atoms with Crippen molar-refractivity contribution in [3.8, 4) is 0 Å². The minimum atomic E-state index is -3.23. The molecule has 0 bridgehead atoms. The van der Waals surface area contributed by atoms with E-state index >= 15 is 0 Å². The molecule has 0 aliphatic rings. The van der Waals surface area contributed by atoms with Gasteiger partial charge in [-0.25, -0.2) is 4.21 Å². The Kier molecular flexibility index (Phi) is 5.45. The quantitative estimate of drug-likeness (QED) is 0.779. The van der Waals surface area contributed by atoms with Crippen molar-refractivity contribution in [2.24, 2.45) is 0 Å². The first kappa shape index (κ1) is 15.6. The topological polar surface area (TPSA) is 37.3 Å². The second-order valence-electron chi connectivity index (χ2n) is 4.25. The van der Waals surface area contributed by atoms with E-state index in [1.54, 1.807) is 12.1 Å². The van der Waals surface area contributed by atoms with Crippen LogP contribution in [-0.2, 0) is 25.4 Å². The molecule has 1 N–H and O–H groups in total. The van der Waals surface area contributed by atoms with E-state index in [-0.39, 0.29) is 35.0 Å². The van der Waals surface area contributed by atoms with Gasteiger partial charge in [-0.3, -0.25) is 0 Å². The first-order valence-corrected chi connectivity index (χ1v) is 6.73. The molecular weight excluding hydrogens is 239 g/mol. The van der Waals surface area contributed by atoms with Crippen molar-refractivity contribution in [3.63, 3.8) is 0 Å². The van der Waals surface area contributed by atoms with Gasteiger partial charge in [0, 0.05) is 40.7 Å². The molecule has 0 aromatic heterocycles. The largest absolute Gasteiger partial charge is 0.302 e. The molecule has 5 heteroatoms. The molecule has 1 aromatic carbocycles. The molecule has 0 heterocycles. The molecule has 0 aliphatic heterocycles. The van der Waals surface area contributed by atoms with E-state index in [4.69, 9.17) is 4.55 Å². The standard InChI is InChI=1S/C10H14O2S2.Na/c1-10(2,3)8-4-6-9(7-5-8)14(11,12)13;/h4-7H,1-3H3,(H,11,12,13);. The van der Waals surface area contributed by atoms with Crippen molar-refractivity contribution in [3.05, 3.63) is 29.8 Å². The number of hydrogen-bond donors (Lipinski definition) is 1. The Hall–Kier alpha value is 0.550. The van der Waals surface area contributed by atoms with Crippen molar-refractivity contribution in [2.45, 2.75) is 31.1 Å². The first-order valence-electron chi connectivity index (χ1n) is 4.29. The molecule has 2 nitrogen and oxygen atoms in total. The molecule has 0 amide bonds. The van der Waals surface area contributed by atoms with Crippen molar-refractivity contribution in [2.75, 3.05) is 0 Å². The average molecular weight is 253 g/mol. The van der Waals surface area contributed by atoms with Crippen LogP contribution in [0.1, 0.15) is 26.3 Å². The Bertz CT molecular complexity index is 416. The van der Waals surface area contributed by atoms with Crippen LogP contribution in [0.15, 0.2) is 29.2 Å². The van der Waals surface area contributed by atoms with Crippen molar-refractivity contribution >= 4 is 49.5 Å². The van der Waals surface area contributed by atoms with Crippen LogP contribution in [-0.4, -0.2) is 38.3 Å². The molecule has 0 aliphatic carbocycles. The zero-order chi connectivity index (χ0) is 11.0. The molecule has 0 saturated heterocycles. The minimum absolute atomic E-state index is 0. The zero-order valence-corrected chi connectivity index (χ0v) is 13.1. The molecule has 1 atom stereocenters. The van der Waals surface area contributed by atoms with Gasteiger partial charge in [-0.2, -0.15) is 0 Å². The van der Waals surface area contributed by atoms with Crippen LogP contribution in [0.5, 0.6) is 0 Å². The molecule has 15 heavy (non-hydrogen) atoms. The Morgan fingerprint density at radius 2 is 1.60 bits per heavy atom. The first-order chi connectivity index (χ1) is 6.21. The molecule has 0 fully saturated rings. The van der Waals surface area contributed by atoms with Crippen LogP contribution >= 0.6 is 0 Å². The average Bonchev–Trinajstić information content (AvgIpc) is 2.01. The van der Waals surface area contributed by atoms with E-state index in [0.717, 1.165) is 5.56 Å². The summed E-state index contributed by atoms with van der Waals surface area (Å²) in [5, 5.41) is 0. The van der Waals surface area contributed by atoms with E-state index in [1.165, 1.54) is 0 Å². The fourth-order valence-electron chi connectivity index (χ4n) is 1.13. The smallest absolute Gasteiger partial charge is 0.171 e. The van der Waals surface area contributed by atoms with E-state index < -0.39 is 8.77 Å². The van der Waals surface area contributed by atoms with Crippen molar-refractivity contribution in [1.82, 2.24) is 0 Å². The minimum Gasteiger partial charge on any atom is -0.302 e. The maximum absolute atomic E-state index is 11.1. The van der Waals surface area contributed by atoms with Gasteiger partial charge in [-0.15, -0.1) is 0 Å². The van der Waals surface area contributed by atoms with Gasteiger partial charge in [0.05, 0.1) is 4.90 Å². The monoisotopic (exact) mass is 253 g/mol. The molecule has 1 aromatic rings. The maximum Gasteiger partial charge on any atom is 0.171 e. The summed E-state index contributed by atoms with van der Waals surface area (Å²) in [6, 6.07) is 6.93. The van der Waals surface area contributed by atoms with Crippen LogP contribution in [0.2, 0.25) is 0 Å². The summed E-state index contributed by atoms with van der Waals surface area (Å²) >= 11 is 4.47. The summed E-state index contributed by atoms with van der Waals surface area (Å²) in [5.74, 6) is 0. The third-order valence-electron chi connectivity index (χ3n) is 2.02. The van der Waals surface area contributed by atoms with Gasteiger partial charge >= 0.3 is 0 Å². The number of benzene rings is 1. The van der Waals surface area contributed by atoms with Gasteiger partial charge in [0.2, 0.25) is 0 Å². The van der Waals surface area contributed by atoms with Gasteiger partial charge in [-0.05, 0) is 23.1 Å². The molecule has 79 valence electrons. The second-order valence-corrected chi connectivity index (χ2v) is 7.03. The molecule has 1 rings (SSSR count). The fourth-order valence-corrected chi connectivity index (χ4v) is 1.94. The Morgan fingerprint density at radius 3 is 1.87 bits per heavy atom. The van der Waals surface area contributed by atoms with Gasteiger partial charge in [-0.1, -0.05) is 32.9 Å². The summed E-state index contributed by atoms with van der Waals surface area (Å²) in [5.41, 5.74) is 1.18. The van der Waals surface area contributed by atoms with E-state index in [1.807, 2.05) is 12.1 Å². The Balaban J connectivity index is 0.00000196. The van der Waals surface area contributed by atoms with Gasteiger partial charge in [0.25, 0.3) is 0 Å². The van der Waals surface area contributed by atoms with E-state index in [2.05, 4.69) is 32.0 Å². The summed E-state index contributed by atoms with van der Waals surface area (Å²) < 4.78 is 20.2. The number of hydrogen-bond acceptors (Lipinski definition) is 2. The predicted octanol–water partition coefficient (Wildman–Crippen LogP) is 2.18. The van der Waals surface area contributed by atoms with Crippen LogP contribution in [0.3, 0.4) is 0 Å². The predicted molar refractivity (Wildman–Crippen MR) is 67.3 cm³/mol. The molecule has 0 saturated carbocycles. The third-order valence-corrected chi connectivity index (χ3v) is 3.46. The van der Waals surface area contributed by atoms with Gasteiger partial charge in [0.1, 0.15) is 0 Å². The molecular formula is C10H14NaO2S2. The Morgan fingerprint density at radius 1 is 1.20 bits per heavy atom. The normalized spacial score (nSPS) is 15.2.